The Morgan fingerprint density at radius 1 is 1.29 bits per heavy atom. The number of benzene rings is 1. The Morgan fingerprint density at radius 2 is 2.06 bits per heavy atom. The Labute approximate surface area is 103 Å². The van der Waals surface area contributed by atoms with Gasteiger partial charge in [0.05, 0.1) is 12.8 Å². The van der Waals surface area contributed by atoms with Gasteiger partial charge in [-0.3, -0.25) is 0 Å². The van der Waals surface area contributed by atoms with Gasteiger partial charge in [0.25, 0.3) is 0 Å². The minimum absolute atomic E-state index is 0.556. The normalized spacial score (nSPS) is 16.8. The average molecular weight is 234 g/mol. The highest BCUT2D eigenvalue weighted by molar-refractivity contribution is 5.58. The minimum atomic E-state index is 0.556. The van der Waals surface area contributed by atoms with Crippen molar-refractivity contribution in [2.24, 2.45) is 5.73 Å². The van der Waals surface area contributed by atoms with Gasteiger partial charge in [0.2, 0.25) is 0 Å². The SMILES string of the molecule is COc1cc(CN)ccc1NC1CCCCC1. The summed E-state index contributed by atoms with van der Waals surface area (Å²) in [4.78, 5) is 0. The van der Waals surface area contributed by atoms with Crippen molar-refractivity contribution in [1.29, 1.82) is 0 Å². The summed E-state index contributed by atoms with van der Waals surface area (Å²) < 4.78 is 5.41. The van der Waals surface area contributed by atoms with E-state index in [1.165, 1.54) is 32.1 Å². The van der Waals surface area contributed by atoms with Crippen molar-refractivity contribution in [3.8, 4) is 5.75 Å². The van der Waals surface area contributed by atoms with Crippen LogP contribution in [0.25, 0.3) is 0 Å². The molecule has 0 amide bonds. The van der Waals surface area contributed by atoms with E-state index in [2.05, 4.69) is 17.4 Å². The number of hydrogen-bond acceptors (Lipinski definition) is 3. The largest absolute Gasteiger partial charge is 0.495 e. The zero-order valence-corrected chi connectivity index (χ0v) is 10.5. The molecule has 3 N–H and O–H groups in total. The number of rotatable bonds is 4. The highest BCUT2D eigenvalue weighted by Gasteiger charge is 2.14. The molecule has 17 heavy (non-hydrogen) atoms. The van der Waals surface area contributed by atoms with Gasteiger partial charge in [-0.05, 0) is 30.5 Å². The van der Waals surface area contributed by atoms with Crippen molar-refractivity contribution in [1.82, 2.24) is 0 Å². The van der Waals surface area contributed by atoms with Crippen molar-refractivity contribution >= 4 is 5.69 Å². The molecule has 0 saturated heterocycles. The van der Waals surface area contributed by atoms with Crippen LogP contribution >= 0.6 is 0 Å². The highest BCUT2D eigenvalue weighted by Crippen LogP contribution is 2.29. The molecule has 0 bridgehead atoms. The van der Waals surface area contributed by atoms with Crippen molar-refractivity contribution in [2.75, 3.05) is 12.4 Å². The third-order valence-corrected chi connectivity index (χ3v) is 3.47. The van der Waals surface area contributed by atoms with E-state index in [1.54, 1.807) is 7.11 Å². The molecular weight excluding hydrogens is 212 g/mol. The summed E-state index contributed by atoms with van der Waals surface area (Å²) in [6.45, 7) is 0.556. The molecule has 1 aliphatic carbocycles. The second-order valence-electron chi connectivity index (χ2n) is 4.72. The number of methoxy groups -OCH3 is 1. The van der Waals surface area contributed by atoms with E-state index in [0.717, 1.165) is 17.0 Å². The maximum absolute atomic E-state index is 5.63. The molecule has 1 fully saturated rings. The lowest BCUT2D eigenvalue weighted by Gasteiger charge is -2.25. The van der Waals surface area contributed by atoms with Crippen LogP contribution in [0.4, 0.5) is 5.69 Å². The first-order valence-electron chi connectivity index (χ1n) is 6.47. The molecule has 0 unspecified atom stereocenters. The molecule has 1 aromatic rings. The lowest BCUT2D eigenvalue weighted by Crippen LogP contribution is -2.22. The second-order valence-corrected chi connectivity index (χ2v) is 4.72. The van der Waals surface area contributed by atoms with E-state index >= 15 is 0 Å². The van der Waals surface area contributed by atoms with Gasteiger partial charge < -0.3 is 15.8 Å². The lowest BCUT2D eigenvalue weighted by molar-refractivity contribution is 0.412. The summed E-state index contributed by atoms with van der Waals surface area (Å²) >= 11 is 0. The van der Waals surface area contributed by atoms with E-state index < -0.39 is 0 Å². The Hall–Kier alpha value is -1.22. The molecule has 0 aliphatic heterocycles. The van der Waals surface area contributed by atoms with Crippen LogP contribution in [0.2, 0.25) is 0 Å². The summed E-state index contributed by atoms with van der Waals surface area (Å²) in [5, 5.41) is 3.59. The number of anilines is 1. The lowest BCUT2D eigenvalue weighted by atomic mass is 9.95. The third-order valence-electron chi connectivity index (χ3n) is 3.47. The number of ether oxygens (including phenoxy) is 1. The summed E-state index contributed by atoms with van der Waals surface area (Å²) in [5.41, 5.74) is 7.83. The first-order chi connectivity index (χ1) is 8.33. The Bertz CT molecular complexity index is 359. The smallest absolute Gasteiger partial charge is 0.142 e. The summed E-state index contributed by atoms with van der Waals surface area (Å²) in [5.74, 6) is 0.901. The zero-order chi connectivity index (χ0) is 12.1. The van der Waals surface area contributed by atoms with Gasteiger partial charge in [0.1, 0.15) is 5.75 Å². The van der Waals surface area contributed by atoms with Gasteiger partial charge in [0.15, 0.2) is 0 Å². The average Bonchev–Trinajstić information content (AvgIpc) is 2.40. The quantitative estimate of drug-likeness (QED) is 0.842. The third kappa shape index (κ3) is 3.13. The van der Waals surface area contributed by atoms with Crippen LogP contribution in [0.5, 0.6) is 5.75 Å². The van der Waals surface area contributed by atoms with Gasteiger partial charge in [-0.25, -0.2) is 0 Å². The standard InChI is InChI=1S/C14H22N2O/c1-17-14-9-11(10-15)7-8-13(14)16-12-5-3-2-4-6-12/h7-9,12,16H,2-6,10,15H2,1H3. The van der Waals surface area contributed by atoms with Crippen LogP contribution in [0.1, 0.15) is 37.7 Å². The molecule has 0 atom stereocenters. The minimum Gasteiger partial charge on any atom is -0.495 e. The molecule has 1 aliphatic rings. The van der Waals surface area contributed by atoms with Crippen LogP contribution in [0.3, 0.4) is 0 Å². The fourth-order valence-electron chi connectivity index (χ4n) is 2.45. The van der Waals surface area contributed by atoms with Crippen LogP contribution in [0.15, 0.2) is 18.2 Å². The molecule has 1 aromatic carbocycles. The summed E-state index contributed by atoms with van der Waals surface area (Å²) in [6, 6.07) is 6.76. The van der Waals surface area contributed by atoms with Crippen molar-refractivity contribution < 1.29 is 4.74 Å². The molecule has 0 radical (unpaired) electrons. The molecule has 0 heterocycles. The summed E-state index contributed by atoms with van der Waals surface area (Å²) in [7, 11) is 1.71. The Morgan fingerprint density at radius 3 is 2.71 bits per heavy atom. The van der Waals surface area contributed by atoms with E-state index in [9.17, 15) is 0 Å². The molecule has 2 rings (SSSR count). The van der Waals surface area contributed by atoms with E-state index in [0.29, 0.717) is 12.6 Å². The molecular formula is C14H22N2O. The Kier molecular flexibility index (Phi) is 4.26. The molecule has 0 spiro atoms. The van der Waals surface area contributed by atoms with Crippen molar-refractivity contribution in [2.45, 2.75) is 44.7 Å². The van der Waals surface area contributed by atoms with E-state index in [4.69, 9.17) is 10.5 Å². The van der Waals surface area contributed by atoms with Crippen LogP contribution in [0, 0.1) is 0 Å². The van der Waals surface area contributed by atoms with Crippen molar-refractivity contribution in [3.63, 3.8) is 0 Å². The van der Waals surface area contributed by atoms with E-state index in [-0.39, 0.29) is 0 Å². The van der Waals surface area contributed by atoms with Gasteiger partial charge in [-0.2, -0.15) is 0 Å². The van der Waals surface area contributed by atoms with Crippen LogP contribution < -0.4 is 15.8 Å². The topological polar surface area (TPSA) is 47.3 Å². The van der Waals surface area contributed by atoms with Gasteiger partial charge in [-0.15, -0.1) is 0 Å². The monoisotopic (exact) mass is 234 g/mol. The van der Waals surface area contributed by atoms with Gasteiger partial charge in [0, 0.05) is 12.6 Å². The molecule has 1 saturated carbocycles. The molecule has 3 nitrogen and oxygen atoms in total. The number of hydrogen-bond donors (Lipinski definition) is 2. The number of nitrogens with one attached hydrogen (secondary N) is 1. The first kappa shape index (κ1) is 12.2. The van der Waals surface area contributed by atoms with Gasteiger partial charge >= 0.3 is 0 Å². The van der Waals surface area contributed by atoms with Gasteiger partial charge in [-0.1, -0.05) is 25.3 Å². The summed E-state index contributed by atoms with van der Waals surface area (Å²) in [6.07, 6.45) is 6.58. The maximum atomic E-state index is 5.63. The Balaban J connectivity index is 2.08. The van der Waals surface area contributed by atoms with E-state index in [1.807, 2.05) is 6.07 Å². The predicted octanol–water partition coefficient (Wildman–Crippen LogP) is 2.90. The van der Waals surface area contributed by atoms with Crippen LogP contribution in [-0.2, 0) is 6.54 Å². The second kappa shape index (κ2) is 5.92. The van der Waals surface area contributed by atoms with Crippen molar-refractivity contribution in [3.05, 3.63) is 23.8 Å². The first-order valence-corrected chi connectivity index (χ1v) is 6.47. The molecule has 94 valence electrons. The zero-order valence-electron chi connectivity index (χ0n) is 10.5. The number of nitrogens with two attached hydrogens (primary N) is 1. The molecule has 0 aromatic heterocycles. The fourth-order valence-corrected chi connectivity index (χ4v) is 2.45. The fraction of sp³-hybridized carbons (Fsp3) is 0.571. The predicted molar refractivity (Wildman–Crippen MR) is 71.4 cm³/mol. The highest BCUT2D eigenvalue weighted by atomic mass is 16.5. The molecule has 3 heteroatoms. The maximum Gasteiger partial charge on any atom is 0.142 e. The van der Waals surface area contributed by atoms with Crippen LogP contribution in [-0.4, -0.2) is 13.2 Å².